The number of anilines is 1. The Morgan fingerprint density at radius 1 is 1.08 bits per heavy atom. The second-order valence-corrected chi connectivity index (χ2v) is 9.57. The number of rotatable bonds is 4. The van der Waals surface area contributed by atoms with E-state index < -0.39 is 29.0 Å². The number of halogens is 5. The maximum atomic E-state index is 15.0. The number of hydrogen-bond donors (Lipinski definition) is 2. The van der Waals surface area contributed by atoms with Gasteiger partial charge in [-0.25, -0.2) is 18.8 Å². The Bertz CT molecular complexity index is 1340. The molecule has 1 aliphatic carbocycles. The fraction of sp³-hybridized carbons (Fsp3) is 0.417. The molecule has 0 radical (unpaired) electrons. The summed E-state index contributed by atoms with van der Waals surface area (Å²) in [5.74, 6) is -2.96. The van der Waals surface area contributed by atoms with Gasteiger partial charge in [0.2, 0.25) is 0 Å². The Labute approximate surface area is 201 Å². The summed E-state index contributed by atoms with van der Waals surface area (Å²) < 4.78 is 88.2. The van der Waals surface area contributed by atoms with Crippen LogP contribution in [0, 0.1) is 17.0 Å². The first-order chi connectivity index (χ1) is 17.2. The van der Waals surface area contributed by atoms with Gasteiger partial charge in [0, 0.05) is 30.2 Å². The van der Waals surface area contributed by atoms with E-state index in [1.54, 1.807) is 0 Å². The summed E-state index contributed by atoms with van der Waals surface area (Å²) >= 11 is 0. The number of nitrogens with one attached hydrogen (secondary N) is 2. The first-order valence-electron chi connectivity index (χ1n) is 11.4. The fourth-order valence-corrected chi connectivity index (χ4v) is 4.88. The average Bonchev–Trinajstić information content (AvgIpc) is 3.19. The number of amidine groups is 1. The van der Waals surface area contributed by atoms with Crippen molar-refractivity contribution < 1.29 is 36.2 Å². The van der Waals surface area contributed by atoms with E-state index in [0.717, 1.165) is 12.1 Å². The van der Waals surface area contributed by atoms with Crippen molar-refractivity contribution in [3.63, 3.8) is 0 Å². The molecule has 0 unspecified atom stereocenters. The highest BCUT2D eigenvalue weighted by Crippen LogP contribution is 2.57. The zero-order valence-corrected chi connectivity index (χ0v) is 18.8. The largest absolute Gasteiger partial charge is 0.464 e. The fourth-order valence-electron chi connectivity index (χ4n) is 4.88. The third-order valence-electron chi connectivity index (χ3n) is 7.15. The Hall–Kier alpha value is -3.41. The highest BCUT2D eigenvalue weighted by Gasteiger charge is 2.60. The third kappa shape index (κ3) is 3.57. The molecule has 0 amide bonds. The topological polar surface area (TPSA) is 80.8 Å². The number of alkyl halides is 3. The van der Waals surface area contributed by atoms with Gasteiger partial charge in [-0.05, 0) is 24.5 Å². The van der Waals surface area contributed by atoms with Crippen LogP contribution in [0.1, 0.15) is 24.8 Å². The monoisotopic (exact) mass is 508 g/mol. The molecule has 2 aliphatic heterocycles. The molecule has 190 valence electrons. The van der Waals surface area contributed by atoms with Gasteiger partial charge in [-0.2, -0.15) is 13.2 Å². The molecule has 3 aromatic rings. The van der Waals surface area contributed by atoms with Gasteiger partial charge < -0.3 is 24.5 Å². The molecule has 2 N–H and O–H groups in total. The van der Waals surface area contributed by atoms with Gasteiger partial charge in [-0.3, -0.25) is 0 Å². The average molecular weight is 508 g/mol. The highest BCUT2D eigenvalue weighted by molar-refractivity contribution is 5.90. The van der Waals surface area contributed by atoms with Crippen LogP contribution < -0.4 is 10.1 Å². The van der Waals surface area contributed by atoms with Gasteiger partial charge in [0.25, 0.3) is 6.02 Å². The van der Waals surface area contributed by atoms with E-state index in [0.29, 0.717) is 32.8 Å². The van der Waals surface area contributed by atoms with Crippen LogP contribution in [-0.2, 0) is 14.9 Å². The molecule has 3 aliphatic rings. The van der Waals surface area contributed by atoms with Crippen molar-refractivity contribution >= 4 is 22.7 Å². The Kier molecular flexibility index (Phi) is 5.15. The van der Waals surface area contributed by atoms with Crippen LogP contribution in [0.2, 0.25) is 0 Å². The smallest absolute Gasteiger partial charge is 0.398 e. The van der Waals surface area contributed by atoms with Crippen LogP contribution in [0.4, 0.5) is 27.6 Å². The van der Waals surface area contributed by atoms with E-state index in [9.17, 15) is 22.0 Å². The number of benzene rings is 1. The van der Waals surface area contributed by atoms with Crippen molar-refractivity contribution in [2.75, 3.05) is 31.7 Å². The first-order valence-corrected chi connectivity index (χ1v) is 11.4. The number of H-pyrrole nitrogens is 1. The predicted molar refractivity (Wildman–Crippen MR) is 119 cm³/mol. The summed E-state index contributed by atoms with van der Waals surface area (Å²) in [6.45, 7) is 1.95. The van der Waals surface area contributed by atoms with Crippen LogP contribution in [0.15, 0.2) is 35.6 Å². The van der Waals surface area contributed by atoms with E-state index in [1.165, 1.54) is 18.5 Å². The van der Waals surface area contributed by atoms with Crippen molar-refractivity contribution in [2.24, 2.45) is 10.4 Å². The van der Waals surface area contributed by atoms with Crippen LogP contribution in [0.25, 0.3) is 11.0 Å². The maximum Gasteiger partial charge on any atom is 0.398 e. The van der Waals surface area contributed by atoms with Crippen LogP contribution in [-0.4, -0.2) is 48.5 Å². The summed E-state index contributed by atoms with van der Waals surface area (Å²) in [5.41, 5.74) is -2.05. The summed E-state index contributed by atoms with van der Waals surface area (Å²) in [7, 11) is 0. The summed E-state index contributed by atoms with van der Waals surface area (Å²) in [6, 6.07) is 3.42. The summed E-state index contributed by atoms with van der Waals surface area (Å²) in [4.78, 5) is 11.1. The number of pyridine rings is 1. The van der Waals surface area contributed by atoms with Crippen molar-refractivity contribution in [1.82, 2.24) is 9.97 Å². The number of hydrogen-bond acceptors (Lipinski definition) is 6. The minimum absolute atomic E-state index is 0.0412. The van der Waals surface area contributed by atoms with Gasteiger partial charge in [0.1, 0.15) is 18.0 Å². The van der Waals surface area contributed by atoms with Gasteiger partial charge in [0.15, 0.2) is 17.4 Å². The number of aromatic amines is 1. The van der Waals surface area contributed by atoms with Gasteiger partial charge in [-0.1, -0.05) is 6.42 Å². The molecule has 4 heterocycles. The second-order valence-electron chi connectivity index (χ2n) is 9.57. The van der Waals surface area contributed by atoms with Crippen LogP contribution in [0.5, 0.6) is 11.5 Å². The summed E-state index contributed by atoms with van der Waals surface area (Å²) in [5, 5.41) is 2.79. The Balaban J connectivity index is 1.29. The number of aromatic nitrogens is 2. The lowest BCUT2D eigenvalue weighted by molar-refractivity contribution is -0.212. The van der Waals surface area contributed by atoms with E-state index in [2.05, 4.69) is 20.3 Å². The normalized spacial score (nSPS) is 20.3. The molecule has 2 aromatic heterocycles. The lowest BCUT2D eigenvalue weighted by atomic mass is 9.64. The molecular formula is C24H21F5N4O3. The molecule has 12 heteroatoms. The number of aliphatic imine (C=N–C) groups is 1. The Morgan fingerprint density at radius 2 is 1.83 bits per heavy atom. The van der Waals surface area contributed by atoms with E-state index >= 15 is 0 Å². The standard InChI is InChI=1S/C24H21F5N4O3/c25-15-6-13(33-21-32-9-22(12-35-21)10-34-11-22)7-16(26)19(15)36-17-2-5-30-20-18(17)14(8-31-20)23(3-1-4-23)24(27,28)29/h2,5-8H,1,3-4,9-12H2,(H,30,31)(H,32,33). The quantitative estimate of drug-likeness (QED) is 0.460. The van der Waals surface area contributed by atoms with Crippen LogP contribution in [0.3, 0.4) is 0 Å². The van der Waals surface area contributed by atoms with E-state index in [-0.39, 0.29) is 52.3 Å². The van der Waals surface area contributed by atoms with Crippen molar-refractivity contribution in [1.29, 1.82) is 0 Å². The second kappa shape index (κ2) is 8.05. The molecule has 36 heavy (non-hydrogen) atoms. The first kappa shape index (κ1) is 23.0. The van der Waals surface area contributed by atoms with Gasteiger partial charge >= 0.3 is 6.18 Å². The molecule has 1 saturated heterocycles. The highest BCUT2D eigenvalue weighted by atomic mass is 19.4. The molecule has 1 aromatic carbocycles. The van der Waals surface area contributed by atoms with Gasteiger partial charge in [-0.15, -0.1) is 0 Å². The Morgan fingerprint density at radius 3 is 2.39 bits per heavy atom. The lowest BCUT2D eigenvalue weighted by Gasteiger charge is -2.43. The zero-order chi connectivity index (χ0) is 25.1. The SMILES string of the molecule is Fc1cc(NC2=NCC3(COC3)CO2)cc(F)c1Oc1ccnc2[nH]cc(C3(C(F)(F)F)CCC3)c12. The molecule has 6 rings (SSSR count). The predicted octanol–water partition coefficient (Wildman–Crippen LogP) is 5.43. The number of ether oxygens (including phenoxy) is 3. The molecule has 7 nitrogen and oxygen atoms in total. The van der Waals surface area contributed by atoms with Gasteiger partial charge in [0.05, 0.1) is 36.0 Å². The van der Waals surface area contributed by atoms with Crippen molar-refractivity contribution in [3.05, 3.63) is 47.8 Å². The number of nitrogens with zero attached hydrogens (tertiary/aromatic N) is 2. The van der Waals surface area contributed by atoms with Crippen LogP contribution >= 0.6 is 0 Å². The minimum Gasteiger partial charge on any atom is -0.464 e. The van der Waals surface area contributed by atoms with E-state index in [1.807, 2.05) is 0 Å². The molecule has 0 atom stereocenters. The zero-order valence-electron chi connectivity index (χ0n) is 18.8. The van der Waals surface area contributed by atoms with Crippen molar-refractivity contribution in [2.45, 2.75) is 30.9 Å². The minimum atomic E-state index is -4.49. The summed E-state index contributed by atoms with van der Waals surface area (Å²) in [6.07, 6.45) is -1.69. The molecule has 2 fully saturated rings. The molecule has 1 saturated carbocycles. The molecule has 1 spiro atoms. The van der Waals surface area contributed by atoms with E-state index in [4.69, 9.17) is 14.2 Å². The number of fused-ring (bicyclic) bond motifs is 1. The van der Waals surface area contributed by atoms with Crippen molar-refractivity contribution in [3.8, 4) is 11.5 Å². The molecular weight excluding hydrogens is 487 g/mol. The lowest BCUT2D eigenvalue weighted by Crippen LogP contribution is -2.51. The maximum absolute atomic E-state index is 15.0. The molecule has 0 bridgehead atoms. The third-order valence-corrected chi connectivity index (χ3v) is 7.15.